The zero-order valence-electron chi connectivity index (χ0n) is 24.3. The number of phenolic OH excluding ortho intramolecular Hbond substituents is 1. The van der Waals surface area contributed by atoms with Crippen molar-refractivity contribution >= 4 is 46.3 Å². The van der Waals surface area contributed by atoms with E-state index in [1.165, 1.54) is 43.3 Å². The fraction of sp³-hybridized carbons (Fsp3) is 0.333. The Morgan fingerprint density at radius 2 is 1.75 bits per heavy atom. The molecule has 44 heavy (non-hydrogen) atoms. The Morgan fingerprint density at radius 1 is 1.07 bits per heavy atom. The van der Waals surface area contributed by atoms with Crippen LogP contribution in [0.2, 0.25) is 0 Å². The summed E-state index contributed by atoms with van der Waals surface area (Å²) in [5, 5.41) is 50.5. The second kappa shape index (κ2) is 10.6. The van der Waals surface area contributed by atoms with E-state index in [1.807, 2.05) is 0 Å². The Balaban J connectivity index is 1.64. The molecule has 8 N–H and O–H groups in total. The molecule has 0 aromatic heterocycles. The number of aliphatic hydroxyl groups excluding tert-OH is 2. The number of aromatic hydroxyl groups is 1. The van der Waals surface area contributed by atoms with Gasteiger partial charge in [-0.1, -0.05) is 6.07 Å². The van der Waals surface area contributed by atoms with Gasteiger partial charge >= 0.3 is 6.03 Å². The van der Waals surface area contributed by atoms with Gasteiger partial charge in [-0.3, -0.25) is 19.3 Å². The molecule has 2 aromatic carbocycles. The fourth-order valence-electron chi connectivity index (χ4n) is 6.64. The number of amides is 3. The van der Waals surface area contributed by atoms with E-state index < -0.39 is 75.6 Å². The lowest BCUT2D eigenvalue weighted by Crippen LogP contribution is -2.65. The summed E-state index contributed by atoms with van der Waals surface area (Å²) in [6, 6.07) is 4.58. The molecule has 1 saturated carbocycles. The third-order valence-electron chi connectivity index (χ3n) is 8.51. The van der Waals surface area contributed by atoms with Crippen LogP contribution in [-0.2, 0) is 20.8 Å². The maximum Gasteiger partial charge on any atom is 0.323 e. The van der Waals surface area contributed by atoms with E-state index in [1.54, 1.807) is 19.0 Å². The molecular formula is C30H32FN5O8. The molecular weight excluding hydrogens is 577 g/mol. The average molecular weight is 610 g/mol. The minimum Gasteiger partial charge on any atom is -0.508 e. The smallest absolute Gasteiger partial charge is 0.323 e. The second-order valence-electron chi connectivity index (χ2n) is 11.6. The molecule has 5 rings (SSSR count). The molecule has 3 amide bonds. The Bertz CT molecular complexity index is 1700. The number of fused-ring (bicyclic) bond motifs is 3. The van der Waals surface area contributed by atoms with Crippen molar-refractivity contribution in [3.8, 4) is 5.75 Å². The number of benzene rings is 2. The summed E-state index contributed by atoms with van der Waals surface area (Å²) in [5.74, 6) is -8.32. The summed E-state index contributed by atoms with van der Waals surface area (Å²) in [4.78, 5) is 55.3. The van der Waals surface area contributed by atoms with Gasteiger partial charge in [0.2, 0.25) is 5.78 Å². The van der Waals surface area contributed by atoms with Gasteiger partial charge in [-0.2, -0.15) is 0 Å². The van der Waals surface area contributed by atoms with Gasteiger partial charge in [0.1, 0.15) is 22.9 Å². The number of Topliss-reactive ketones (excluding diaryl/α,β-unsaturated/α-hetero) is 2. The van der Waals surface area contributed by atoms with Crippen molar-refractivity contribution in [2.75, 3.05) is 43.7 Å². The number of hydrogen-bond donors (Lipinski definition) is 7. The maximum atomic E-state index is 14.1. The highest BCUT2D eigenvalue weighted by Gasteiger charge is 2.64. The minimum absolute atomic E-state index is 0.0601. The van der Waals surface area contributed by atoms with Gasteiger partial charge in [-0.05, 0) is 62.7 Å². The van der Waals surface area contributed by atoms with Crippen molar-refractivity contribution in [1.82, 2.24) is 4.90 Å². The number of primary amides is 1. The first kappa shape index (κ1) is 30.5. The molecule has 13 nitrogen and oxygen atoms in total. The van der Waals surface area contributed by atoms with Gasteiger partial charge in [-0.25, -0.2) is 9.18 Å². The first-order valence-corrected chi connectivity index (χ1v) is 13.6. The van der Waals surface area contributed by atoms with Crippen molar-refractivity contribution in [3.63, 3.8) is 0 Å². The number of ketones is 2. The maximum absolute atomic E-state index is 14.1. The van der Waals surface area contributed by atoms with Crippen LogP contribution in [0.1, 0.15) is 17.5 Å². The van der Waals surface area contributed by atoms with Gasteiger partial charge in [0.05, 0.1) is 17.3 Å². The molecule has 0 aliphatic heterocycles. The van der Waals surface area contributed by atoms with Crippen molar-refractivity contribution in [2.45, 2.75) is 24.5 Å². The predicted octanol–water partition coefficient (Wildman–Crippen LogP) is 1.81. The molecule has 2 unspecified atom stereocenters. The molecule has 3 aliphatic carbocycles. The molecule has 0 bridgehead atoms. The first-order chi connectivity index (χ1) is 20.6. The normalized spacial score (nSPS) is 24.5. The van der Waals surface area contributed by atoms with E-state index in [0.717, 1.165) is 6.07 Å². The lowest BCUT2D eigenvalue weighted by molar-refractivity contribution is -0.153. The van der Waals surface area contributed by atoms with Crippen LogP contribution < -0.4 is 21.3 Å². The second-order valence-corrected chi connectivity index (χ2v) is 11.6. The van der Waals surface area contributed by atoms with Crippen molar-refractivity contribution in [1.29, 1.82) is 0 Å². The summed E-state index contributed by atoms with van der Waals surface area (Å²) >= 11 is 0. The third-order valence-corrected chi connectivity index (χ3v) is 8.51. The summed E-state index contributed by atoms with van der Waals surface area (Å²) in [6.45, 7) is 0. The number of aliphatic hydroxyl groups is 3. The Hall–Kier alpha value is -4.95. The number of likely N-dealkylation sites (N-methyl/N-ethyl adjacent to an activating group) is 1. The molecule has 0 heterocycles. The molecule has 3 aliphatic rings. The number of urea groups is 1. The number of halogens is 1. The van der Waals surface area contributed by atoms with Gasteiger partial charge < -0.3 is 41.7 Å². The highest BCUT2D eigenvalue weighted by molar-refractivity contribution is 6.24. The molecule has 4 atom stereocenters. The Labute approximate surface area is 251 Å². The quantitative estimate of drug-likeness (QED) is 0.193. The zero-order chi connectivity index (χ0) is 32.4. The molecule has 0 saturated heterocycles. The molecule has 14 heteroatoms. The molecule has 1 fully saturated rings. The average Bonchev–Trinajstić information content (AvgIpc) is 2.91. The van der Waals surface area contributed by atoms with E-state index in [-0.39, 0.29) is 35.4 Å². The van der Waals surface area contributed by atoms with E-state index in [2.05, 4.69) is 10.6 Å². The van der Waals surface area contributed by atoms with Gasteiger partial charge in [0, 0.05) is 37.0 Å². The monoisotopic (exact) mass is 609 g/mol. The van der Waals surface area contributed by atoms with Crippen LogP contribution >= 0.6 is 0 Å². The van der Waals surface area contributed by atoms with Crippen molar-refractivity contribution in [2.24, 2.45) is 17.6 Å². The van der Waals surface area contributed by atoms with Crippen LogP contribution in [0.3, 0.4) is 0 Å². The molecule has 0 spiro atoms. The number of carbonyl (C=O) groups excluding carboxylic acids is 4. The van der Waals surface area contributed by atoms with Gasteiger partial charge in [-0.15, -0.1) is 0 Å². The van der Waals surface area contributed by atoms with Crippen LogP contribution in [0.25, 0.3) is 5.76 Å². The minimum atomic E-state index is -2.77. The number of nitrogens with one attached hydrogen (secondary N) is 2. The van der Waals surface area contributed by atoms with Crippen LogP contribution in [0.4, 0.5) is 26.2 Å². The van der Waals surface area contributed by atoms with E-state index in [0.29, 0.717) is 11.3 Å². The van der Waals surface area contributed by atoms with Crippen molar-refractivity contribution in [3.05, 3.63) is 64.2 Å². The number of phenols is 1. The van der Waals surface area contributed by atoms with Crippen LogP contribution in [0.15, 0.2) is 47.2 Å². The third kappa shape index (κ3) is 4.53. The summed E-state index contributed by atoms with van der Waals surface area (Å²) in [6.07, 6.45) is 0.0147. The number of carbonyl (C=O) groups is 4. The number of nitrogens with zero attached hydrogens (tertiary/aromatic N) is 2. The molecule has 2 aromatic rings. The summed E-state index contributed by atoms with van der Waals surface area (Å²) < 4.78 is 13.6. The highest BCUT2D eigenvalue weighted by atomic mass is 19.1. The van der Waals surface area contributed by atoms with Crippen LogP contribution in [-0.4, -0.2) is 88.7 Å². The predicted molar refractivity (Wildman–Crippen MR) is 158 cm³/mol. The Morgan fingerprint density at radius 3 is 2.34 bits per heavy atom. The number of anilines is 3. The summed E-state index contributed by atoms with van der Waals surface area (Å²) in [5.41, 5.74) is 2.06. The topological polar surface area (TPSA) is 206 Å². The SMILES string of the molecule is CN(C)c1cc(NC(=O)Nc2cccc(F)c2)c(O)c2c1CC1CC3[C@H](N(C)C)C(=O)C(C(N)=O)=C(O)[C@@]3(O)C(=O)C1=C2O. The lowest BCUT2D eigenvalue weighted by Gasteiger charge is -2.50. The van der Waals surface area contributed by atoms with E-state index in [9.17, 15) is 44.0 Å². The standard InChI is InChI=1S/C30H32FN5O8/c1-35(2)18-11-17(34-29(43)33-14-7-5-6-13(31)10-14)23(37)20-15(18)8-12-9-16-22(36(3)4)25(39)21(28(32)42)27(41)30(16,44)26(40)19(12)24(20)38/h5-7,10-12,16,22,37-38,41,44H,8-9H2,1-4H3,(H2,32,42)(H2,33,34,43)/t12?,16?,22-,30-/m0/s1. The molecule has 0 radical (unpaired) electrons. The lowest BCUT2D eigenvalue weighted by atomic mass is 9.57. The number of hydrogen-bond acceptors (Lipinski definition) is 10. The van der Waals surface area contributed by atoms with Crippen molar-refractivity contribution < 1.29 is 44.0 Å². The zero-order valence-corrected chi connectivity index (χ0v) is 24.3. The number of nitrogens with two attached hydrogens (primary N) is 1. The summed E-state index contributed by atoms with van der Waals surface area (Å²) in [7, 11) is 6.43. The Kier molecular flexibility index (Phi) is 7.38. The van der Waals surface area contributed by atoms with E-state index >= 15 is 0 Å². The van der Waals surface area contributed by atoms with Gasteiger partial charge in [0.25, 0.3) is 5.91 Å². The van der Waals surface area contributed by atoms with Crippen LogP contribution in [0.5, 0.6) is 5.75 Å². The number of rotatable bonds is 5. The first-order valence-electron chi connectivity index (χ1n) is 13.6. The largest absolute Gasteiger partial charge is 0.508 e. The highest BCUT2D eigenvalue weighted by Crippen LogP contribution is 2.54. The van der Waals surface area contributed by atoms with E-state index in [4.69, 9.17) is 5.73 Å². The van der Waals surface area contributed by atoms with Gasteiger partial charge in [0.15, 0.2) is 17.1 Å². The molecule has 232 valence electrons. The fourth-order valence-corrected chi connectivity index (χ4v) is 6.64. The van der Waals surface area contributed by atoms with Crippen LogP contribution in [0, 0.1) is 17.7 Å².